The lowest BCUT2D eigenvalue weighted by Gasteiger charge is -2.34. The second kappa shape index (κ2) is 2.83. The van der Waals surface area contributed by atoms with E-state index in [0.29, 0.717) is 0 Å². The van der Waals surface area contributed by atoms with Gasteiger partial charge in [-0.3, -0.25) is 0 Å². The Morgan fingerprint density at radius 2 is 2.50 bits per heavy atom. The molecule has 1 heterocycles. The molecular weight excluding hydrogens is 170 g/mol. The molecule has 1 aromatic rings. The van der Waals surface area contributed by atoms with Crippen molar-refractivity contribution in [1.82, 2.24) is 8.75 Å². The highest BCUT2D eigenvalue weighted by atomic mass is 32.1. The van der Waals surface area contributed by atoms with E-state index in [9.17, 15) is 0 Å². The third-order valence-corrected chi connectivity index (χ3v) is 2.99. The normalized spacial score (nSPS) is 19.6. The van der Waals surface area contributed by atoms with Crippen LogP contribution in [0.2, 0.25) is 0 Å². The molecule has 0 spiro atoms. The van der Waals surface area contributed by atoms with Gasteiger partial charge in [0.1, 0.15) is 0 Å². The van der Waals surface area contributed by atoms with Crippen molar-refractivity contribution in [1.29, 1.82) is 5.26 Å². The fourth-order valence-electron chi connectivity index (χ4n) is 1.54. The number of aromatic nitrogens is 2. The van der Waals surface area contributed by atoms with Crippen LogP contribution in [0.25, 0.3) is 0 Å². The van der Waals surface area contributed by atoms with Crippen molar-refractivity contribution in [2.24, 2.45) is 5.41 Å². The molecule has 0 bridgehead atoms. The summed E-state index contributed by atoms with van der Waals surface area (Å²) in [7, 11) is 0. The third-order valence-electron chi connectivity index (χ3n) is 2.47. The smallest absolute Gasteiger partial charge is 0.0758 e. The van der Waals surface area contributed by atoms with Gasteiger partial charge in [0.15, 0.2) is 0 Å². The highest BCUT2D eigenvalue weighted by Crippen LogP contribution is 2.42. The van der Waals surface area contributed by atoms with E-state index in [2.05, 4.69) is 14.8 Å². The lowest BCUT2D eigenvalue weighted by molar-refractivity contribution is 0.212. The monoisotopic (exact) mass is 179 g/mol. The number of nitriles is 1. The summed E-state index contributed by atoms with van der Waals surface area (Å²) in [6.45, 7) is 0. The summed E-state index contributed by atoms with van der Waals surface area (Å²) in [5, 5.41) is 8.94. The van der Waals surface area contributed by atoms with Crippen LogP contribution in [0.5, 0.6) is 0 Å². The third kappa shape index (κ3) is 1.21. The van der Waals surface area contributed by atoms with Crippen LogP contribution in [0, 0.1) is 16.7 Å². The van der Waals surface area contributed by atoms with Crippen molar-refractivity contribution >= 4 is 11.7 Å². The maximum absolute atomic E-state index is 8.94. The zero-order valence-electron chi connectivity index (χ0n) is 6.66. The predicted molar refractivity (Wildman–Crippen MR) is 45.5 cm³/mol. The first-order valence-electron chi connectivity index (χ1n) is 4.02. The molecular formula is C8H9N3S. The van der Waals surface area contributed by atoms with Gasteiger partial charge in [-0.2, -0.15) is 14.0 Å². The zero-order valence-corrected chi connectivity index (χ0v) is 7.47. The molecule has 1 aliphatic carbocycles. The Kier molecular flexibility index (Phi) is 1.81. The molecule has 0 atom stereocenters. The van der Waals surface area contributed by atoms with Gasteiger partial charge in [0.25, 0.3) is 0 Å². The average molecular weight is 179 g/mol. The molecule has 0 radical (unpaired) electrons. The lowest BCUT2D eigenvalue weighted by atomic mass is 9.67. The van der Waals surface area contributed by atoms with Crippen molar-refractivity contribution in [2.75, 3.05) is 0 Å². The van der Waals surface area contributed by atoms with Gasteiger partial charge in [0, 0.05) is 6.42 Å². The summed E-state index contributed by atoms with van der Waals surface area (Å²) in [4.78, 5) is 0. The molecule has 0 amide bonds. The minimum atomic E-state index is -0.101. The van der Waals surface area contributed by atoms with Crippen LogP contribution in [0.1, 0.15) is 25.0 Å². The first-order valence-corrected chi connectivity index (χ1v) is 4.75. The second-order valence-electron chi connectivity index (χ2n) is 3.32. The molecule has 1 fully saturated rings. The van der Waals surface area contributed by atoms with E-state index in [1.807, 2.05) is 0 Å². The van der Waals surface area contributed by atoms with Crippen molar-refractivity contribution in [3.63, 3.8) is 0 Å². The van der Waals surface area contributed by atoms with Crippen LogP contribution < -0.4 is 0 Å². The van der Waals surface area contributed by atoms with E-state index < -0.39 is 0 Å². The molecule has 0 aliphatic heterocycles. The summed E-state index contributed by atoms with van der Waals surface area (Å²) in [6.07, 6.45) is 5.80. The van der Waals surface area contributed by atoms with Crippen molar-refractivity contribution in [3.05, 3.63) is 11.9 Å². The molecule has 1 aromatic heterocycles. The van der Waals surface area contributed by atoms with Gasteiger partial charge in [-0.15, -0.1) is 0 Å². The minimum absolute atomic E-state index is 0.101. The van der Waals surface area contributed by atoms with Crippen LogP contribution in [-0.4, -0.2) is 8.75 Å². The SMILES string of the molecule is N#CC1(Cc2cnsn2)CCC1. The fraction of sp³-hybridized carbons (Fsp3) is 0.625. The van der Waals surface area contributed by atoms with Crippen molar-refractivity contribution < 1.29 is 0 Å². The van der Waals surface area contributed by atoms with Crippen molar-refractivity contribution in [3.8, 4) is 6.07 Å². The lowest BCUT2D eigenvalue weighted by Crippen LogP contribution is -2.29. The van der Waals surface area contributed by atoms with E-state index in [1.165, 1.54) is 18.1 Å². The van der Waals surface area contributed by atoms with E-state index in [-0.39, 0.29) is 5.41 Å². The summed E-state index contributed by atoms with van der Waals surface area (Å²) in [5.41, 5.74) is 0.872. The quantitative estimate of drug-likeness (QED) is 0.695. The predicted octanol–water partition coefficient (Wildman–Crippen LogP) is 1.77. The van der Waals surface area contributed by atoms with Gasteiger partial charge in [-0.05, 0) is 12.8 Å². The number of hydrogen-bond donors (Lipinski definition) is 0. The highest BCUT2D eigenvalue weighted by Gasteiger charge is 2.37. The maximum Gasteiger partial charge on any atom is 0.0758 e. The molecule has 0 saturated heterocycles. The second-order valence-corrected chi connectivity index (χ2v) is 3.88. The van der Waals surface area contributed by atoms with Crippen LogP contribution in [0.4, 0.5) is 0 Å². The summed E-state index contributed by atoms with van der Waals surface area (Å²) in [5.74, 6) is 0. The van der Waals surface area contributed by atoms with Gasteiger partial charge in [-0.25, -0.2) is 0 Å². The molecule has 0 aromatic carbocycles. The van der Waals surface area contributed by atoms with Crippen LogP contribution in [-0.2, 0) is 6.42 Å². The Morgan fingerprint density at radius 1 is 1.67 bits per heavy atom. The van der Waals surface area contributed by atoms with Gasteiger partial charge < -0.3 is 0 Å². The van der Waals surface area contributed by atoms with Crippen LogP contribution in [0.3, 0.4) is 0 Å². The van der Waals surface area contributed by atoms with Gasteiger partial charge in [-0.1, -0.05) is 6.42 Å². The van der Waals surface area contributed by atoms with E-state index in [4.69, 9.17) is 5.26 Å². The van der Waals surface area contributed by atoms with E-state index >= 15 is 0 Å². The first kappa shape index (κ1) is 7.69. The molecule has 1 aliphatic rings. The topological polar surface area (TPSA) is 49.6 Å². The molecule has 1 saturated carbocycles. The molecule has 62 valence electrons. The average Bonchev–Trinajstić information content (AvgIpc) is 2.49. The summed E-state index contributed by atoms with van der Waals surface area (Å²) < 4.78 is 8.03. The van der Waals surface area contributed by atoms with Crippen LogP contribution >= 0.6 is 11.7 Å². The van der Waals surface area contributed by atoms with Gasteiger partial charge in [0.05, 0.1) is 35.1 Å². The summed E-state index contributed by atoms with van der Waals surface area (Å²) in [6, 6.07) is 2.39. The minimum Gasteiger partial charge on any atom is -0.198 e. The Morgan fingerprint density at radius 3 is 2.92 bits per heavy atom. The number of hydrogen-bond acceptors (Lipinski definition) is 4. The Hall–Kier alpha value is -0.950. The largest absolute Gasteiger partial charge is 0.198 e. The standard InChI is InChI=1S/C8H9N3S/c9-6-8(2-1-3-8)4-7-5-10-12-11-7/h5H,1-4H2. The molecule has 0 N–H and O–H groups in total. The molecule has 4 heteroatoms. The highest BCUT2D eigenvalue weighted by molar-refractivity contribution is 6.99. The number of rotatable bonds is 2. The zero-order chi connectivity index (χ0) is 8.44. The van der Waals surface area contributed by atoms with Crippen LogP contribution in [0.15, 0.2) is 6.20 Å². The van der Waals surface area contributed by atoms with E-state index in [0.717, 1.165) is 25.0 Å². The Bertz CT molecular complexity index is 295. The van der Waals surface area contributed by atoms with Gasteiger partial charge in [0.2, 0.25) is 0 Å². The first-order chi connectivity index (χ1) is 5.85. The van der Waals surface area contributed by atoms with E-state index in [1.54, 1.807) is 6.20 Å². The molecule has 12 heavy (non-hydrogen) atoms. The maximum atomic E-state index is 8.94. The summed E-state index contributed by atoms with van der Waals surface area (Å²) >= 11 is 1.22. The Labute approximate surface area is 75.4 Å². The molecule has 3 nitrogen and oxygen atoms in total. The fourth-order valence-corrected chi connectivity index (χ4v) is 1.97. The molecule has 0 unspecified atom stereocenters. The Balaban J connectivity index is 2.08. The molecule has 2 rings (SSSR count). The number of nitrogens with zero attached hydrogens (tertiary/aromatic N) is 3. The van der Waals surface area contributed by atoms with Gasteiger partial charge >= 0.3 is 0 Å². The van der Waals surface area contributed by atoms with Crippen molar-refractivity contribution in [2.45, 2.75) is 25.7 Å².